The lowest BCUT2D eigenvalue weighted by Crippen LogP contribution is -2.44. The lowest BCUT2D eigenvalue weighted by atomic mass is 10.1. The molecule has 4 rings (SSSR count). The van der Waals surface area contributed by atoms with E-state index in [0.29, 0.717) is 30.7 Å². The highest BCUT2D eigenvalue weighted by Gasteiger charge is 2.25. The van der Waals surface area contributed by atoms with Gasteiger partial charge in [0.2, 0.25) is 0 Å². The number of hydrogen-bond acceptors (Lipinski definition) is 5. The van der Waals surface area contributed by atoms with Gasteiger partial charge in [0, 0.05) is 18.0 Å². The molecule has 25 heavy (non-hydrogen) atoms. The SMILES string of the molecule is O=c1[nH]c2ccccc2c(=O)n1C[C@H](c1cccs1)N1CCOCC1. The van der Waals surface area contributed by atoms with Crippen molar-refractivity contribution in [2.24, 2.45) is 0 Å². The minimum Gasteiger partial charge on any atom is -0.379 e. The standard InChI is InChI=1S/C18H19N3O3S/c22-17-13-4-1-2-5-14(13)19-18(23)21(17)12-15(16-6-3-11-25-16)20-7-9-24-10-8-20/h1-6,11,15H,7-10,12H2,(H,19,23)/t15-/m1/s1. The molecule has 1 fully saturated rings. The molecule has 130 valence electrons. The van der Waals surface area contributed by atoms with Crippen LogP contribution in [-0.4, -0.2) is 40.8 Å². The summed E-state index contributed by atoms with van der Waals surface area (Å²) in [5, 5.41) is 2.56. The summed E-state index contributed by atoms with van der Waals surface area (Å²) in [5.41, 5.74) is -0.0273. The molecule has 7 heteroatoms. The largest absolute Gasteiger partial charge is 0.379 e. The molecule has 0 amide bonds. The van der Waals surface area contributed by atoms with Crippen LogP contribution in [0.2, 0.25) is 0 Å². The molecule has 1 aromatic carbocycles. The van der Waals surface area contributed by atoms with Gasteiger partial charge in [-0.2, -0.15) is 0 Å². The fourth-order valence-corrected chi connectivity index (χ4v) is 4.15. The third-order valence-electron chi connectivity index (χ3n) is 4.60. The van der Waals surface area contributed by atoms with Crippen LogP contribution in [0.15, 0.2) is 51.4 Å². The highest BCUT2D eigenvalue weighted by atomic mass is 32.1. The van der Waals surface area contributed by atoms with E-state index >= 15 is 0 Å². The highest BCUT2D eigenvalue weighted by Crippen LogP contribution is 2.27. The number of thiophene rings is 1. The van der Waals surface area contributed by atoms with E-state index in [-0.39, 0.29) is 17.3 Å². The minimum atomic E-state index is -0.362. The minimum absolute atomic E-state index is 0.0103. The Hall–Kier alpha value is -2.22. The van der Waals surface area contributed by atoms with Crippen LogP contribution >= 0.6 is 11.3 Å². The first-order valence-electron chi connectivity index (χ1n) is 8.31. The van der Waals surface area contributed by atoms with Gasteiger partial charge < -0.3 is 9.72 Å². The van der Waals surface area contributed by atoms with Gasteiger partial charge in [-0.05, 0) is 23.6 Å². The van der Waals surface area contributed by atoms with Gasteiger partial charge in [-0.1, -0.05) is 18.2 Å². The number of aromatic amines is 1. The smallest absolute Gasteiger partial charge is 0.328 e. The molecule has 3 heterocycles. The van der Waals surface area contributed by atoms with Crippen LogP contribution in [0.3, 0.4) is 0 Å². The summed E-state index contributed by atoms with van der Waals surface area (Å²) in [7, 11) is 0. The molecule has 2 aromatic heterocycles. The maximum atomic E-state index is 12.8. The highest BCUT2D eigenvalue weighted by molar-refractivity contribution is 7.10. The Labute approximate surface area is 148 Å². The predicted molar refractivity (Wildman–Crippen MR) is 98.3 cm³/mol. The zero-order chi connectivity index (χ0) is 17.2. The molecule has 0 unspecified atom stereocenters. The maximum absolute atomic E-state index is 12.8. The van der Waals surface area contributed by atoms with Crippen LogP contribution in [0.25, 0.3) is 10.9 Å². The van der Waals surface area contributed by atoms with Crippen molar-refractivity contribution in [3.05, 3.63) is 67.5 Å². The average Bonchev–Trinajstić information content (AvgIpc) is 3.17. The zero-order valence-electron chi connectivity index (χ0n) is 13.7. The van der Waals surface area contributed by atoms with Crippen molar-refractivity contribution in [1.82, 2.24) is 14.5 Å². The van der Waals surface area contributed by atoms with E-state index in [0.717, 1.165) is 18.0 Å². The van der Waals surface area contributed by atoms with Gasteiger partial charge in [0.05, 0.1) is 36.7 Å². The van der Waals surface area contributed by atoms with E-state index in [1.54, 1.807) is 23.5 Å². The van der Waals surface area contributed by atoms with Crippen molar-refractivity contribution in [3.63, 3.8) is 0 Å². The van der Waals surface area contributed by atoms with E-state index in [4.69, 9.17) is 4.74 Å². The third-order valence-corrected chi connectivity index (χ3v) is 5.58. The first-order valence-corrected chi connectivity index (χ1v) is 9.19. The van der Waals surface area contributed by atoms with Crippen LogP contribution in [0.4, 0.5) is 0 Å². The molecule has 6 nitrogen and oxygen atoms in total. The Kier molecular flexibility index (Phi) is 4.52. The van der Waals surface area contributed by atoms with E-state index in [2.05, 4.69) is 16.0 Å². The quantitative estimate of drug-likeness (QED) is 0.773. The number of morpholine rings is 1. The number of nitrogens with zero attached hydrogens (tertiary/aromatic N) is 2. The second-order valence-corrected chi connectivity index (χ2v) is 7.05. The number of ether oxygens (including phenoxy) is 1. The number of fused-ring (bicyclic) bond motifs is 1. The monoisotopic (exact) mass is 357 g/mol. The van der Waals surface area contributed by atoms with E-state index in [1.807, 2.05) is 23.6 Å². The van der Waals surface area contributed by atoms with Crippen LogP contribution in [-0.2, 0) is 11.3 Å². The Morgan fingerprint density at radius 1 is 1.12 bits per heavy atom. The van der Waals surface area contributed by atoms with Gasteiger partial charge in [0.15, 0.2) is 0 Å². The zero-order valence-corrected chi connectivity index (χ0v) is 14.5. The number of aromatic nitrogens is 2. The molecular formula is C18H19N3O3S. The number of H-pyrrole nitrogens is 1. The lowest BCUT2D eigenvalue weighted by Gasteiger charge is -2.34. The summed E-state index contributed by atoms with van der Waals surface area (Å²) in [6.45, 7) is 3.26. The number of hydrogen-bond donors (Lipinski definition) is 1. The molecule has 0 spiro atoms. The summed E-state index contributed by atoms with van der Waals surface area (Å²) >= 11 is 1.65. The molecule has 1 saturated heterocycles. The molecule has 1 aliphatic rings. The molecule has 0 bridgehead atoms. The summed E-state index contributed by atoms with van der Waals surface area (Å²) in [4.78, 5) is 31.6. The average molecular weight is 357 g/mol. The van der Waals surface area contributed by atoms with Crippen LogP contribution in [0.5, 0.6) is 0 Å². The maximum Gasteiger partial charge on any atom is 0.328 e. The molecule has 3 aromatic rings. The Bertz CT molecular complexity index is 971. The van der Waals surface area contributed by atoms with Crippen LogP contribution in [0.1, 0.15) is 10.9 Å². The van der Waals surface area contributed by atoms with Crippen molar-refractivity contribution < 1.29 is 4.74 Å². The van der Waals surface area contributed by atoms with Crippen molar-refractivity contribution in [1.29, 1.82) is 0 Å². The van der Waals surface area contributed by atoms with Gasteiger partial charge >= 0.3 is 5.69 Å². The van der Waals surface area contributed by atoms with Gasteiger partial charge in [-0.25, -0.2) is 4.79 Å². The summed E-state index contributed by atoms with van der Waals surface area (Å²) in [6.07, 6.45) is 0. The number of rotatable bonds is 4. The van der Waals surface area contributed by atoms with Gasteiger partial charge in [0.1, 0.15) is 0 Å². The van der Waals surface area contributed by atoms with E-state index in [9.17, 15) is 9.59 Å². The summed E-state index contributed by atoms with van der Waals surface area (Å²) in [5.74, 6) is 0. The summed E-state index contributed by atoms with van der Waals surface area (Å²) < 4.78 is 6.77. The first-order chi connectivity index (χ1) is 12.2. The predicted octanol–water partition coefficient (Wildman–Crippen LogP) is 1.82. The molecule has 0 saturated carbocycles. The molecule has 0 aliphatic carbocycles. The van der Waals surface area contributed by atoms with E-state index in [1.165, 1.54) is 4.57 Å². The number of nitrogens with one attached hydrogen (secondary N) is 1. The van der Waals surface area contributed by atoms with Crippen molar-refractivity contribution in [3.8, 4) is 0 Å². The first kappa shape index (κ1) is 16.3. The van der Waals surface area contributed by atoms with Crippen molar-refractivity contribution >= 4 is 22.2 Å². The summed E-state index contributed by atoms with van der Waals surface area (Å²) in [6, 6.07) is 11.2. The molecule has 1 aliphatic heterocycles. The molecule has 1 atom stereocenters. The normalized spacial score (nSPS) is 17.0. The third kappa shape index (κ3) is 3.18. The van der Waals surface area contributed by atoms with E-state index < -0.39 is 0 Å². The molecule has 1 N–H and O–H groups in total. The van der Waals surface area contributed by atoms with Crippen LogP contribution < -0.4 is 11.2 Å². The number of benzene rings is 1. The fourth-order valence-electron chi connectivity index (χ4n) is 3.29. The lowest BCUT2D eigenvalue weighted by molar-refractivity contribution is 0.0126. The second kappa shape index (κ2) is 6.95. The van der Waals surface area contributed by atoms with Gasteiger partial charge in [-0.3, -0.25) is 14.3 Å². The van der Waals surface area contributed by atoms with Gasteiger partial charge in [0.25, 0.3) is 5.56 Å². The Morgan fingerprint density at radius 3 is 2.68 bits per heavy atom. The van der Waals surface area contributed by atoms with Crippen molar-refractivity contribution in [2.75, 3.05) is 26.3 Å². The Morgan fingerprint density at radius 2 is 1.92 bits per heavy atom. The molecular weight excluding hydrogens is 338 g/mol. The fraction of sp³-hybridized carbons (Fsp3) is 0.333. The second-order valence-electron chi connectivity index (χ2n) is 6.07. The number of para-hydroxylation sites is 1. The van der Waals surface area contributed by atoms with Crippen LogP contribution in [0, 0.1) is 0 Å². The topological polar surface area (TPSA) is 67.3 Å². The Balaban J connectivity index is 1.76. The van der Waals surface area contributed by atoms with Crippen molar-refractivity contribution in [2.45, 2.75) is 12.6 Å². The van der Waals surface area contributed by atoms with Gasteiger partial charge in [-0.15, -0.1) is 11.3 Å². The molecule has 0 radical (unpaired) electrons.